The number of amides is 1. The van der Waals surface area contributed by atoms with Crippen molar-refractivity contribution in [2.45, 2.75) is 57.4 Å². The van der Waals surface area contributed by atoms with E-state index in [1.807, 2.05) is 32.9 Å². The summed E-state index contributed by atoms with van der Waals surface area (Å²) in [5, 5.41) is 3.01. The molecule has 0 spiro atoms. The van der Waals surface area contributed by atoms with Crippen LogP contribution in [0, 0.1) is 6.92 Å². The van der Waals surface area contributed by atoms with Gasteiger partial charge in [0.25, 0.3) is 10.0 Å². The Bertz CT molecular complexity index is 1280. The molecule has 1 aliphatic rings. The second-order valence-corrected chi connectivity index (χ2v) is 10.8. The van der Waals surface area contributed by atoms with Crippen molar-refractivity contribution < 1.29 is 13.2 Å². The minimum absolute atomic E-state index is 0.170. The lowest BCUT2D eigenvalue weighted by atomic mass is 10.0. The number of hydrogen-bond donors (Lipinski definition) is 1. The number of fused-ring (bicyclic) bond motifs is 1. The molecule has 0 radical (unpaired) electrons. The summed E-state index contributed by atoms with van der Waals surface area (Å²) in [6, 6.07) is 20.2. The molecule has 0 bridgehead atoms. The number of carbonyl (C=O) groups excluding carboxylic acids is 1. The monoisotopic (exact) mass is 476 g/mol. The van der Waals surface area contributed by atoms with Crippen molar-refractivity contribution >= 4 is 21.6 Å². The first-order valence-corrected chi connectivity index (χ1v) is 13.3. The Kier molecular flexibility index (Phi) is 7.08. The Labute approximate surface area is 202 Å². The molecule has 0 saturated carbocycles. The van der Waals surface area contributed by atoms with Gasteiger partial charge in [-0.05, 0) is 80.0 Å². The molecule has 0 fully saturated rings. The molecule has 0 aromatic heterocycles. The fourth-order valence-corrected chi connectivity index (χ4v) is 6.01. The van der Waals surface area contributed by atoms with Crippen molar-refractivity contribution in [2.24, 2.45) is 0 Å². The lowest BCUT2D eigenvalue weighted by molar-refractivity contribution is -0.120. The number of anilines is 1. The highest BCUT2D eigenvalue weighted by molar-refractivity contribution is 7.92. The third kappa shape index (κ3) is 5.02. The number of para-hydroxylation sites is 1. The summed E-state index contributed by atoms with van der Waals surface area (Å²) < 4.78 is 28.6. The minimum atomic E-state index is -3.93. The van der Waals surface area contributed by atoms with Crippen LogP contribution in [0.4, 0.5) is 5.69 Å². The van der Waals surface area contributed by atoms with Gasteiger partial charge in [0.2, 0.25) is 5.91 Å². The van der Waals surface area contributed by atoms with Crippen molar-refractivity contribution in [3.8, 4) is 0 Å². The minimum Gasteiger partial charge on any atom is -0.348 e. The van der Waals surface area contributed by atoms with E-state index in [4.69, 9.17) is 0 Å². The van der Waals surface area contributed by atoms with Crippen molar-refractivity contribution in [1.82, 2.24) is 5.32 Å². The number of aryl methyl sites for hydroxylation is 4. The molecule has 1 unspecified atom stereocenters. The van der Waals surface area contributed by atoms with Gasteiger partial charge in [0.05, 0.1) is 16.6 Å². The topological polar surface area (TPSA) is 66.5 Å². The molecule has 1 aliphatic carbocycles. The number of carbonyl (C=O) groups is 1. The highest BCUT2D eigenvalue weighted by atomic mass is 32.2. The van der Waals surface area contributed by atoms with Crippen LogP contribution in [0.1, 0.15) is 54.1 Å². The first kappa shape index (κ1) is 24.0. The molecule has 0 saturated heterocycles. The van der Waals surface area contributed by atoms with Gasteiger partial charge in [-0.2, -0.15) is 0 Å². The van der Waals surface area contributed by atoms with Crippen LogP contribution in [-0.2, 0) is 34.1 Å². The summed E-state index contributed by atoms with van der Waals surface area (Å²) >= 11 is 0. The highest BCUT2D eigenvalue weighted by Crippen LogP contribution is 2.28. The number of sulfonamides is 1. The zero-order chi connectivity index (χ0) is 24.3. The Morgan fingerprint density at radius 3 is 2.44 bits per heavy atom. The second kappa shape index (κ2) is 10.0. The molecule has 0 heterocycles. The van der Waals surface area contributed by atoms with E-state index in [0.29, 0.717) is 12.1 Å². The van der Waals surface area contributed by atoms with Crippen LogP contribution in [0.25, 0.3) is 0 Å². The van der Waals surface area contributed by atoms with E-state index in [1.54, 1.807) is 36.4 Å². The normalized spacial score (nSPS) is 13.9. The summed E-state index contributed by atoms with van der Waals surface area (Å²) in [4.78, 5) is 13.3. The number of nitrogens with one attached hydrogen (secondary N) is 1. The molecule has 1 N–H and O–H groups in total. The standard InChI is InChI=1S/C28H32N2O3S/c1-4-22-8-5-6-11-27(22)30(34(32,33)26-16-12-20(2)13-17-26)19-28(31)29-21(3)24-15-14-23-9-7-10-25(23)18-24/h5-6,8,11-18,21H,4,7,9-10,19H2,1-3H3,(H,29,31). The van der Waals surface area contributed by atoms with Crippen LogP contribution in [-0.4, -0.2) is 20.9 Å². The summed E-state index contributed by atoms with van der Waals surface area (Å²) in [6.07, 6.45) is 4.00. The molecule has 3 aromatic carbocycles. The average Bonchev–Trinajstić information content (AvgIpc) is 3.30. The maximum Gasteiger partial charge on any atom is 0.264 e. The van der Waals surface area contributed by atoms with Gasteiger partial charge >= 0.3 is 0 Å². The van der Waals surface area contributed by atoms with Crippen molar-refractivity contribution in [3.05, 3.63) is 94.5 Å². The predicted octanol–water partition coefficient (Wildman–Crippen LogP) is 5.12. The number of rotatable bonds is 8. The van der Waals surface area contributed by atoms with E-state index in [2.05, 4.69) is 23.5 Å². The van der Waals surface area contributed by atoms with Gasteiger partial charge in [0.1, 0.15) is 6.54 Å². The van der Waals surface area contributed by atoms with E-state index in [1.165, 1.54) is 21.9 Å². The molecule has 5 nitrogen and oxygen atoms in total. The van der Waals surface area contributed by atoms with Crippen LogP contribution < -0.4 is 9.62 Å². The van der Waals surface area contributed by atoms with Crippen LogP contribution in [0.3, 0.4) is 0 Å². The maximum absolute atomic E-state index is 13.7. The Hall–Kier alpha value is -3.12. The van der Waals surface area contributed by atoms with Gasteiger partial charge in [-0.25, -0.2) is 8.42 Å². The zero-order valence-corrected chi connectivity index (χ0v) is 20.9. The van der Waals surface area contributed by atoms with Gasteiger partial charge in [-0.3, -0.25) is 9.10 Å². The third-order valence-corrected chi connectivity index (χ3v) is 8.31. The SMILES string of the molecule is CCc1ccccc1N(CC(=O)NC(C)c1ccc2c(c1)CCC2)S(=O)(=O)c1ccc(C)cc1. The van der Waals surface area contributed by atoms with Crippen LogP contribution >= 0.6 is 0 Å². The van der Waals surface area contributed by atoms with E-state index < -0.39 is 10.0 Å². The Morgan fingerprint density at radius 1 is 1.00 bits per heavy atom. The number of nitrogens with zero attached hydrogens (tertiary/aromatic N) is 1. The van der Waals surface area contributed by atoms with Crippen molar-refractivity contribution in [3.63, 3.8) is 0 Å². The summed E-state index contributed by atoms with van der Waals surface area (Å²) in [5.74, 6) is -0.338. The van der Waals surface area contributed by atoms with Gasteiger partial charge in [-0.1, -0.05) is 61.0 Å². The molecule has 3 aromatic rings. The molecule has 4 rings (SSSR count). The quantitative estimate of drug-likeness (QED) is 0.491. The molecule has 178 valence electrons. The van der Waals surface area contributed by atoms with E-state index in [-0.39, 0.29) is 23.4 Å². The third-order valence-electron chi connectivity index (χ3n) is 6.54. The Morgan fingerprint density at radius 2 is 1.71 bits per heavy atom. The predicted molar refractivity (Wildman–Crippen MR) is 137 cm³/mol. The Balaban J connectivity index is 1.61. The lowest BCUT2D eigenvalue weighted by Gasteiger charge is -2.27. The second-order valence-electron chi connectivity index (χ2n) is 8.98. The fraction of sp³-hybridized carbons (Fsp3) is 0.321. The van der Waals surface area contributed by atoms with Gasteiger partial charge < -0.3 is 5.32 Å². The molecule has 0 aliphatic heterocycles. The van der Waals surface area contributed by atoms with Gasteiger partial charge in [-0.15, -0.1) is 0 Å². The summed E-state index contributed by atoms with van der Waals surface area (Å²) in [7, 11) is -3.93. The maximum atomic E-state index is 13.7. The first-order chi connectivity index (χ1) is 16.3. The van der Waals surface area contributed by atoms with Crippen LogP contribution in [0.2, 0.25) is 0 Å². The molecule has 1 atom stereocenters. The van der Waals surface area contributed by atoms with Crippen LogP contribution in [0.5, 0.6) is 0 Å². The fourth-order valence-electron chi connectivity index (χ4n) is 4.55. The number of benzene rings is 3. The van der Waals surface area contributed by atoms with Gasteiger partial charge in [0, 0.05) is 0 Å². The molecule has 1 amide bonds. The smallest absolute Gasteiger partial charge is 0.264 e. The van der Waals surface area contributed by atoms with E-state index >= 15 is 0 Å². The molecule has 34 heavy (non-hydrogen) atoms. The molecular weight excluding hydrogens is 444 g/mol. The van der Waals surface area contributed by atoms with E-state index in [0.717, 1.165) is 29.5 Å². The van der Waals surface area contributed by atoms with Crippen LogP contribution in [0.15, 0.2) is 71.6 Å². The summed E-state index contributed by atoms with van der Waals surface area (Å²) in [6.45, 7) is 5.54. The van der Waals surface area contributed by atoms with Crippen molar-refractivity contribution in [2.75, 3.05) is 10.8 Å². The van der Waals surface area contributed by atoms with Gasteiger partial charge in [0.15, 0.2) is 0 Å². The first-order valence-electron chi connectivity index (χ1n) is 11.9. The summed E-state index contributed by atoms with van der Waals surface area (Å²) in [5.41, 5.74) is 6.15. The zero-order valence-electron chi connectivity index (χ0n) is 20.0. The average molecular weight is 477 g/mol. The van der Waals surface area contributed by atoms with E-state index in [9.17, 15) is 13.2 Å². The number of hydrogen-bond acceptors (Lipinski definition) is 3. The molecular formula is C28H32N2O3S. The highest BCUT2D eigenvalue weighted by Gasteiger charge is 2.29. The van der Waals surface area contributed by atoms with Crippen molar-refractivity contribution in [1.29, 1.82) is 0 Å². The largest absolute Gasteiger partial charge is 0.348 e. The lowest BCUT2D eigenvalue weighted by Crippen LogP contribution is -2.42. The molecule has 6 heteroatoms.